The van der Waals surface area contributed by atoms with Gasteiger partial charge in [0.05, 0.1) is 19.6 Å². The van der Waals surface area contributed by atoms with E-state index in [9.17, 15) is 9.59 Å². The smallest absolute Gasteiger partial charge is 0.245 e. The molecule has 31 heavy (non-hydrogen) atoms. The first kappa shape index (κ1) is 21.8. The van der Waals surface area contributed by atoms with E-state index in [1.165, 1.54) is 0 Å². The van der Waals surface area contributed by atoms with Gasteiger partial charge in [0.2, 0.25) is 11.8 Å². The molecule has 6 nitrogen and oxygen atoms in total. The Hall–Kier alpha value is -2.44. The first-order chi connectivity index (χ1) is 15.0. The maximum absolute atomic E-state index is 13.2. The summed E-state index contributed by atoms with van der Waals surface area (Å²) in [5.41, 5.74) is 0.948. The maximum atomic E-state index is 13.2. The van der Waals surface area contributed by atoms with Crippen LogP contribution < -0.4 is 5.32 Å². The number of carbonyl (C=O) groups excluding carboxylic acids is 2. The molecule has 0 saturated carbocycles. The number of nitrogens with one attached hydrogen (secondary N) is 1. The Balaban J connectivity index is 1.34. The van der Waals surface area contributed by atoms with Crippen LogP contribution in [0.1, 0.15) is 32.3 Å². The van der Waals surface area contributed by atoms with E-state index in [0.717, 1.165) is 29.2 Å². The van der Waals surface area contributed by atoms with Crippen LogP contribution >= 0.6 is 0 Å². The Labute approximate surface area is 183 Å². The average Bonchev–Trinajstić information content (AvgIpc) is 3.32. The molecule has 2 aliphatic heterocycles. The molecule has 2 aliphatic rings. The number of piperidine rings is 1. The van der Waals surface area contributed by atoms with Crippen molar-refractivity contribution in [2.75, 3.05) is 26.3 Å². The van der Waals surface area contributed by atoms with Gasteiger partial charge in [-0.05, 0) is 35.1 Å². The van der Waals surface area contributed by atoms with Crippen molar-refractivity contribution in [2.45, 2.75) is 45.4 Å². The van der Waals surface area contributed by atoms with Crippen LogP contribution in [0.2, 0.25) is 0 Å². The second kappa shape index (κ2) is 9.79. The fourth-order valence-corrected chi connectivity index (χ4v) is 4.51. The van der Waals surface area contributed by atoms with Gasteiger partial charge in [-0.25, -0.2) is 0 Å². The number of hydrogen-bond donors (Lipinski definition) is 1. The normalized spacial score (nSPS) is 19.1. The van der Waals surface area contributed by atoms with Gasteiger partial charge in [-0.3, -0.25) is 9.59 Å². The first-order valence-corrected chi connectivity index (χ1v) is 11.3. The molecule has 2 aromatic rings. The molecule has 2 saturated heterocycles. The molecule has 4 rings (SSSR count). The van der Waals surface area contributed by atoms with Crippen LogP contribution in [-0.2, 0) is 25.5 Å². The van der Waals surface area contributed by atoms with Crippen LogP contribution in [0.4, 0.5) is 0 Å². The Kier molecular flexibility index (Phi) is 6.88. The zero-order valence-electron chi connectivity index (χ0n) is 18.4. The number of rotatable bonds is 6. The van der Waals surface area contributed by atoms with E-state index in [0.29, 0.717) is 32.2 Å². The lowest BCUT2D eigenvalue weighted by atomic mass is 9.94. The van der Waals surface area contributed by atoms with Crippen LogP contribution in [-0.4, -0.2) is 55.3 Å². The van der Waals surface area contributed by atoms with Gasteiger partial charge in [-0.15, -0.1) is 0 Å². The molecule has 0 aromatic heterocycles. The molecular weight excluding hydrogens is 392 g/mol. The van der Waals surface area contributed by atoms with Crippen molar-refractivity contribution in [1.29, 1.82) is 0 Å². The number of fused-ring (bicyclic) bond motifs is 1. The molecule has 166 valence electrons. The lowest BCUT2D eigenvalue weighted by Gasteiger charge is -2.36. The minimum absolute atomic E-state index is 0.00794. The molecule has 1 unspecified atom stereocenters. The zero-order chi connectivity index (χ0) is 21.8. The molecule has 1 N–H and O–H groups in total. The summed E-state index contributed by atoms with van der Waals surface area (Å²) in [6, 6.07) is 13.6. The molecular formula is C25H32N2O4. The molecule has 0 spiro atoms. The van der Waals surface area contributed by atoms with E-state index in [1.54, 1.807) is 0 Å². The highest BCUT2D eigenvalue weighted by Gasteiger charge is 2.35. The Morgan fingerprint density at radius 3 is 2.39 bits per heavy atom. The van der Waals surface area contributed by atoms with Gasteiger partial charge in [-0.1, -0.05) is 56.3 Å². The number of ether oxygens (including phenoxy) is 2. The third-order valence-electron chi connectivity index (χ3n) is 6.31. The zero-order valence-corrected chi connectivity index (χ0v) is 18.4. The number of benzene rings is 2. The van der Waals surface area contributed by atoms with E-state index in [2.05, 4.69) is 11.4 Å². The van der Waals surface area contributed by atoms with Crippen molar-refractivity contribution >= 4 is 22.6 Å². The van der Waals surface area contributed by atoms with Crippen LogP contribution in [0.15, 0.2) is 42.5 Å². The van der Waals surface area contributed by atoms with Crippen LogP contribution in [0.5, 0.6) is 0 Å². The summed E-state index contributed by atoms with van der Waals surface area (Å²) in [7, 11) is 0. The van der Waals surface area contributed by atoms with Crippen LogP contribution in [0.25, 0.3) is 10.8 Å². The van der Waals surface area contributed by atoms with Gasteiger partial charge < -0.3 is 19.7 Å². The summed E-state index contributed by atoms with van der Waals surface area (Å²) >= 11 is 0. The van der Waals surface area contributed by atoms with Gasteiger partial charge in [0.15, 0.2) is 6.29 Å². The summed E-state index contributed by atoms with van der Waals surface area (Å²) < 4.78 is 11.3. The molecule has 1 atom stereocenters. The van der Waals surface area contributed by atoms with Crippen molar-refractivity contribution in [3.63, 3.8) is 0 Å². The van der Waals surface area contributed by atoms with Crippen molar-refractivity contribution in [3.05, 3.63) is 48.0 Å². The highest BCUT2D eigenvalue weighted by Crippen LogP contribution is 2.26. The second-order valence-electron chi connectivity index (χ2n) is 8.92. The lowest BCUT2D eigenvalue weighted by Crippen LogP contribution is -2.53. The average molecular weight is 425 g/mol. The Bertz CT molecular complexity index is 915. The molecule has 6 heteroatoms. The summed E-state index contributed by atoms with van der Waals surface area (Å²) in [6.45, 7) is 6.62. The number of amides is 2. The summed E-state index contributed by atoms with van der Waals surface area (Å²) in [4.78, 5) is 27.8. The van der Waals surface area contributed by atoms with E-state index in [-0.39, 0.29) is 30.4 Å². The monoisotopic (exact) mass is 424 g/mol. The van der Waals surface area contributed by atoms with Crippen molar-refractivity contribution < 1.29 is 19.1 Å². The van der Waals surface area contributed by atoms with E-state index in [4.69, 9.17) is 9.47 Å². The number of likely N-dealkylation sites (tertiary alicyclic amines) is 1. The van der Waals surface area contributed by atoms with Crippen LogP contribution in [0.3, 0.4) is 0 Å². The van der Waals surface area contributed by atoms with Crippen molar-refractivity contribution in [1.82, 2.24) is 10.2 Å². The number of nitrogens with zero attached hydrogens (tertiary/aromatic N) is 1. The van der Waals surface area contributed by atoms with Gasteiger partial charge in [-0.2, -0.15) is 0 Å². The predicted octanol–water partition coefficient (Wildman–Crippen LogP) is 3.13. The maximum Gasteiger partial charge on any atom is 0.245 e. The van der Waals surface area contributed by atoms with E-state index >= 15 is 0 Å². The third-order valence-corrected chi connectivity index (χ3v) is 6.31. The molecule has 2 fully saturated rings. The molecule has 2 heterocycles. The highest BCUT2D eigenvalue weighted by atomic mass is 16.7. The van der Waals surface area contributed by atoms with E-state index < -0.39 is 6.04 Å². The minimum Gasteiger partial charge on any atom is -0.350 e. The Morgan fingerprint density at radius 2 is 1.71 bits per heavy atom. The minimum atomic E-state index is -0.511. The molecule has 0 radical (unpaired) electrons. The summed E-state index contributed by atoms with van der Waals surface area (Å²) in [5.74, 6) is 0.248. The van der Waals surface area contributed by atoms with Crippen molar-refractivity contribution in [2.24, 2.45) is 11.8 Å². The van der Waals surface area contributed by atoms with Crippen LogP contribution in [0, 0.1) is 11.8 Å². The molecule has 0 bridgehead atoms. The van der Waals surface area contributed by atoms with Gasteiger partial charge >= 0.3 is 0 Å². The lowest BCUT2D eigenvalue weighted by molar-refractivity contribution is -0.142. The molecule has 2 amide bonds. The van der Waals surface area contributed by atoms with E-state index in [1.807, 2.05) is 55.1 Å². The largest absolute Gasteiger partial charge is 0.350 e. The van der Waals surface area contributed by atoms with Gasteiger partial charge in [0.25, 0.3) is 0 Å². The SMILES string of the molecule is CC(C)C(NC(=O)Cc1ccc2ccccc2c1)C(=O)N1CCC(C2OCCO2)CC1. The topological polar surface area (TPSA) is 67.9 Å². The second-order valence-corrected chi connectivity index (χ2v) is 8.92. The standard InChI is InChI=1S/C25H32N2O4/c1-17(2)23(24(29)27-11-9-20(10-12-27)25-30-13-14-31-25)26-22(28)16-18-7-8-19-5-3-4-6-21(19)15-18/h3-8,15,17,20,23,25H,9-14,16H2,1-2H3,(H,26,28). The first-order valence-electron chi connectivity index (χ1n) is 11.3. The molecule has 0 aliphatic carbocycles. The fourth-order valence-electron chi connectivity index (χ4n) is 4.51. The fraction of sp³-hybridized carbons (Fsp3) is 0.520. The van der Waals surface area contributed by atoms with Crippen molar-refractivity contribution in [3.8, 4) is 0 Å². The van der Waals surface area contributed by atoms with Gasteiger partial charge in [0.1, 0.15) is 6.04 Å². The third kappa shape index (κ3) is 5.25. The summed E-state index contributed by atoms with van der Waals surface area (Å²) in [6.07, 6.45) is 1.87. The predicted molar refractivity (Wildman–Crippen MR) is 119 cm³/mol. The van der Waals surface area contributed by atoms with Gasteiger partial charge in [0, 0.05) is 19.0 Å². The molecule has 2 aromatic carbocycles. The Morgan fingerprint density at radius 1 is 1.03 bits per heavy atom. The number of carbonyl (C=O) groups is 2. The summed E-state index contributed by atoms with van der Waals surface area (Å²) in [5, 5.41) is 5.26. The number of hydrogen-bond acceptors (Lipinski definition) is 4. The highest BCUT2D eigenvalue weighted by molar-refractivity contribution is 5.89. The quantitative estimate of drug-likeness (QED) is 0.774.